The van der Waals surface area contributed by atoms with E-state index in [2.05, 4.69) is 10.2 Å². The molecule has 8 heteroatoms. The summed E-state index contributed by atoms with van der Waals surface area (Å²) in [6, 6.07) is 10.6. The average Bonchev–Trinajstić information content (AvgIpc) is 2.75. The summed E-state index contributed by atoms with van der Waals surface area (Å²) < 4.78 is 17.0. The maximum atomic E-state index is 12.8. The van der Waals surface area contributed by atoms with E-state index in [1.807, 2.05) is 31.2 Å². The molecule has 0 aromatic heterocycles. The molecule has 154 valence electrons. The van der Waals surface area contributed by atoms with E-state index in [0.29, 0.717) is 60.1 Å². The predicted molar refractivity (Wildman–Crippen MR) is 112 cm³/mol. The van der Waals surface area contributed by atoms with Crippen LogP contribution in [0.5, 0.6) is 11.5 Å². The van der Waals surface area contributed by atoms with Crippen molar-refractivity contribution in [3.8, 4) is 11.5 Å². The Morgan fingerprint density at radius 1 is 1.07 bits per heavy atom. The minimum atomic E-state index is -0.322. The van der Waals surface area contributed by atoms with Crippen molar-refractivity contribution in [1.29, 1.82) is 0 Å². The fraction of sp³-hybridized carbons (Fsp3) is 0.381. The van der Waals surface area contributed by atoms with Crippen molar-refractivity contribution >= 4 is 34.8 Å². The fourth-order valence-electron chi connectivity index (χ4n) is 3.47. The van der Waals surface area contributed by atoms with Gasteiger partial charge in [0.2, 0.25) is 5.91 Å². The van der Waals surface area contributed by atoms with E-state index in [0.717, 1.165) is 5.56 Å². The molecule has 0 saturated carbocycles. The molecule has 1 amide bonds. The first-order valence-electron chi connectivity index (χ1n) is 9.52. The Labute approximate surface area is 179 Å². The Balaban J connectivity index is 1.41. The molecule has 6 nitrogen and oxygen atoms in total. The highest BCUT2D eigenvalue weighted by Crippen LogP contribution is 2.33. The zero-order valence-electron chi connectivity index (χ0n) is 16.0. The largest absolute Gasteiger partial charge is 0.486 e. The van der Waals surface area contributed by atoms with E-state index >= 15 is 0 Å². The zero-order chi connectivity index (χ0) is 20.4. The minimum absolute atomic E-state index is 0.0866. The molecule has 2 heterocycles. The molecule has 1 fully saturated rings. The SMILES string of the molecule is CC(C(=O)Nc1ccc2c(c1)OCCO2)N1CCOC(c2ccc(Cl)c(Cl)c2)C1. The third kappa shape index (κ3) is 4.61. The van der Waals surface area contributed by atoms with E-state index in [9.17, 15) is 4.79 Å². The minimum Gasteiger partial charge on any atom is -0.486 e. The van der Waals surface area contributed by atoms with Gasteiger partial charge in [-0.15, -0.1) is 0 Å². The van der Waals surface area contributed by atoms with Gasteiger partial charge in [-0.3, -0.25) is 9.69 Å². The van der Waals surface area contributed by atoms with Gasteiger partial charge < -0.3 is 19.5 Å². The molecular formula is C21H22Cl2N2O4. The van der Waals surface area contributed by atoms with Gasteiger partial charge in [-0.05, 0) is 36.8 Å². The molecule has 2 atom stereocenters. The van der Waals surface area contributed by atoms with Crippen LogP contribution in [-0.2, 0) is 9.53 Å². The monoisotopic (exact) mass is 436 g/mol. The Kier molecular flexibility index (Phi) is 6.15. The van der Waals surface area contributed by atoms with E-state index in [1.54, 1.807) is 12.1 Å². The molecule has 29 heavy (non-hydrogen) atoms. The summed E-state index contributed by atoms with van der Waals surface area (Å²) in [6.07, 6.45) is -0.164. The molecule has 2 aliphatic rings. The molecule has 0 radical (unpaired) electrons. The molecule has 1 N–H and O–H groups in total. The van der Waals surface area contributed by atoms with Crippen LogP contribution in [0.2, 0.25) is 10.0 Å². The highest BCUT2D eigenvalue weighted by molar-refractivity contribution is 6.42. The van der Waals surface area contributed by atoms with Crippen LogP contribution in [0.1, 0.15) is 18.6 Å². The Hall–Kier alpha value is -1.99. The summed E-state index contributed by atoms with van der Waals surface area (Å²) in [5.41, 5.74) is 1.63. The number of halogens is 2. The molecule has 2 unspecified atom stereocenters. The van der Waals surface area contributed by atoms with Crippen molar-refractivity contribution in [1.82, 2.24) is 4.90 Å². The number of fused-ring (bicyclic) bond motifs is 1. The van der Waals surface area contributed by atoms with E-state index in [-0.39, 0.29) is 18.1 Å². The zero-order valence-corrected chi connectivity index (χ0v) is 17.5. The number of morpholine rings is 1. The molecule has 2 aromatic rings. The van der Waals surface area contributed by atoms with Gasteiger partial charge in [0, 0.05) is 24.8 Å². The van der Waals surface area contributed by atoms with E-state index in [4.69, 9.17) is 37.4 Å². The summed E-state index contributed by atoms with van der Waals surface area (Å²) >= 11 is 12.1. The number of nitrogens with zero attached hydrogens (tertiary/aromatic N) is 1. The van der Waals surface area contributed by atoms with Gasteiger partial charge in [-0.1, -0.05) is 29.3 Å². The third-order valence-electron chi connectivity index (χ3n) is 5.15. The van der Waals surface area contributed by atoms with Gasteiger partial charge in [0.15, 0.2) is 11.5 Å². The number of carbonyl (C=O) groups is 1. The molecular weight excluding hydrogens is 415 g/mol. The van der Waals surface area contributed by atoms with Crippen molar-refractivity contribution in [3.63, 3.8) is 0 Å². The van der Waals surface area contributed by atoms with Gasteiger partial charge in [0.25, 0.3) is 0 Å². The number of benzene rings is 2. The average molecular weight is 437 g/mol. The van der Waals surface area contributed by atoms with Crippen LogP contribution in [-0.4, -0.2) is 49.8 Å². The number of anilines is 1. The van der Waals surface area contributed by atoms with Crippen LogP contribution in [0.25, 0.3) is 0 Å². The quantitative estimate of drug-likeness (QED) is 0.779. The number of amides is 1. The van der Waals surface area contributed by atoms with Gasteiger partial charge >= 0.3 is 0 Å². The second-order valence-electron chi connectivity index (χ2n) is 7.05. The lowest BCUT2D eigenvalue weighted by Gasteiger charge is -2.36. The van der Waals surface area contributed by atoms with Crippen LogP contribution in [0, 0.1) is 0 Å². The highest BCUT2D eigenvalue weighted by Gasteiger charge is 2.29. The first kappa shape index (κ1) is 20.3. The third-order valence-corrected chi connectivity index (χ3v) is 5.89. The first-order valence-corrected chi connectivity index (χ1v) is 10.3. The molecule has 0 bridgehead atoms. The second kappa shape index (κ2) is 8.79. The number of hydrogen-bond donors (Lipinski definition) is 1. The number of rotatable bonds is 4. The highest BCUT2D eigenvalue weighted by atomic mass is 35.5. The summed E-state index contributed by atoms with van der Waals surface area (Å²) in [5.74, 6) is 1.25. The molecule has 0 spiro atoms. The Morgan fingerprint density at radius 2 is 1.86 bits per heavy atom. The smallest absolute Gasteiger partial charge is 0.241 e. The lowest BCUT2D eigenvalue weighted by atomic mass is 10.1. The van der Waals surface area contributed by atoms with Crippen LogP contribution in [0.3, 0.4) is 0 Å². The van der Waals surface area contributed by atoms with Gasteiger partial charge in [0.1, 0.15) is 13.2 Å². The normalized spacial score (nSPS) is 20.2. The molecule has 2 aliphatic heterocycles. The van der Waals surface area contributed by atoms with Gasteiger partial charge in [0.05, 0.1) is 28.8 Å². The lowest BCUT2D eigenvalue weighted by Crippen LogP contribution is -2.48. The summed E-state index contributed by atoms with van der Waals surface area (Å²) in [6.45, 7) is 4.73. The summed E-state index contributed by atoms with van der Waals surface area (Å²) in [7, 11) is 0. The molecule has 2 aromatic carbocycles. The topological polar surface area (TPSA) is 60.0 Å². The van der Waals surface area contributed by atoms with Crippen LogP contribution in [0.4, 0.5) is 5.69 Å². The lowest BCUT2D eigenvalue weighted by molar-refractivity contribution is -0.124. The van der Waals surface area contributed by atoms with Gasteiger partial charge in [-0.2, -0.15) is 0 Å². The van der Waals surface area contributed by atoms with Gasteiger partial charge in [-0.25, -0.2) is 0 Å². The fourth-order valence-corrected chi connectivity index (χ4v) is 3.78. The first-order chi connectivity index (χ1) is 14.0. The summed E-state index contributed by atoms with van der Waals surface area (Å²) in [5, 5.41) is 3.97. The number of nitrogens with one attached hydrogen (secondary N) is 1. The van der Waals surface area contributed by atoms with Crippen molar-refractivity contribution in [2.24, 2.45) is 0 Å². The molecule has 0 aliphatic carbocycles. The second-order valence-corrected chi connectivity index (χ2v) is 7.87. The van der Waals surface area contributed by atoms with E-state index < -0.39 is 0 Å². The predicted octanol–water partition coefficient (Wildman–Crippen LogP) is 4.17. The van der Waals surface area contributed by atoms with Crippen LogP contribution < -0.4 is 14.8 Å². The van der Waals surface area contributed by atoms with Crippen LogP contribution >= 0.6 is 23.2 Å². The van der Waals surface area contributed by atoms with Crippen molar-refractivity contribution in [2.75, 3.05) is 38.2 Å². The molecule has 4 rings (SSSR count). The standard InChI is InChI=1S/C21H22Cl2N2O4/c1-13(21(26)24-15-3-5-18-19(11-15)29-9-8-28-18)25-6-7-27-20(12-25)14-2-4-16(22)17(23)10-14/h2-5,10-11,13,20H,6-9,12H2,1H3,(H,24,26). The van der Waals surface area contributed by atoms with Crippen molar-refractivity contribution < 1.29 is 19.0 Å². The Morgan fingerprint density at radius 3 is 2.66 bits per heavy atom. The maximum Gasteiger partial charge on any atom is 0.241 e. The Bertz CT molecular complexity index is 908. The van der Waals surface area contributed by atoms with Crippen molar-refractivity contribution in [3.05, 3.63) is 52.0 Å². The van der Waals surface area contributed by atoms with E-state index in [1.165, 1.54) is 0 Å². The number of ether oxygens (including phenoxy) is 3. The summed E-state index contributed by atoms with van der Waals surface area (Å²) in [4.78, 5) is 14.9. The number of carbonyl (C=O) groups excluding carboxylic acids is 1. The number of hydrogen-bond acceptors (Lipinski definition) is 5. The van der Waals surface area contributed by atoms with Crippen molar-refractivity contribution in [2.45, 2.75) is 19.1 Å². The van der Waals surface area contributed by atoms with Crippen LogP contribution in [0.15, 0.2) is 36.4 Å². The maximum absolute atomic E-state index is 12.8. The molecule has 1 saturated heterocycles.